The lowest BCUT2D eigenvalue weighted by molar-refractivity contribution is -0.139. The predicted molar refractivity (Wildman–Crippen MR) is 74.0 cm³/mol. The van der Waals surface area contributed by atoms with Crippen LogP contribution in [-0.4, -0.2) is 44.5 Å². The summed E-state index contributed by atoms with van der Waals surface area (Å²) in [5.41, 5.74) is 0.842. The lowest BCUT2D eigenvalue weighted by atomic mass is 10.2. The maximum atomic E-state index is 10.7. The van der Waals surface area contributed by atoms with Crippen molar-refractivity contribution in [3.8, 4) is 11.4 Å². The molecule has 7 nitrogen and oxygen atoms in total. The SMILES string of the molecule is COC(CC(=O)O)Cn1nnnc1-c1cccc(Br)c1. The second-order valence-electron chi connectivity index (χ2n) is 4.15. The highest BCUT2D eigenvalue weighted by Crippen LogP contribution is 2.20. The molecule has 1 unspecified atom stereocenters. The van der Waals surface area contributed by atoms with Gasteiger partial charge >= 0.3 is 5.97 Å². The van der Waals surface area contributed by atoms with Gasteiger partial charge in [0.05, 0.1) is 19.1 Å². The van der Waals surface area contributed by atoms with Gasteiger partial charge in [0.15, 0.2) is 5.82 Å². The molecule has 0 bridgehead atoms. The molecule has 1 atom stereocenters. The van der Waals surface area contributed by atoms with Crippen LogP contribution in [0.4, 0.5) is 0 Å². The molecule has 0 aliphatic carbocycles. The van der Waals surface area contributed by atoms with E-state index in [1.54, 1.807) is 4.68 Å². The molecule has 0 spiro atoms. The van der Waals surface area contributed by atoms with Crippen LogP contribution in [0.2, 0.25) is 0 Å². The summed E-state index contributed by atoms with van der Waals surface area (Å²) < 4.78 is 7.60. The number of methoxy groups -OCH3 is 1. The molecule has 2 rings (SSSR count). The van der Waals surface area contributed by atoms with Crippen LogP contribution < -0.4 is 0 Å². The van der Waals surface area contributed by atoms with Gasteiger partial charge in [-0.25, -0.2) is 4.68 Å². The van der Waals surface area contributed by atoms with Crippen LogP contribution in [0.3, 0.4) is 0 Å². The Hall–Kier alpha value is -1.80. The third-order valence-electron chi connectivity index (χ3n) is 2.73. The Kier molecular flexibility index (Phi) is 4.80. The van der Waals surface area contributed by atoms with Crippen molar-refractivity contribution in [3.05, 3.63) is 28.7 Å². The van der Waals surface area contributed by atoms with Crippen molar-refractivity contribution in [2.45, 2.75) is 19.1 Å². The number of rotatable bonds is 6. The zero-order valence-corrected chi connectivity index (χ0v) is 12.3. The van der Waals surface area contributed by atoms with E-state index in [9.17, 15) is 4.79 Å². The zero-order valence-electron chi connectivity index (χ0n) is 10.7. The van der Waals surface area contributed by atoms with Crippen LogP contribution in [-0.2, 0) is 16.1 Å². The molecule has 0 amide bonds. The van der Waals surface area contributed by atoms with Gasteiger partial charge in [0, 0.05) is 17.1 Å². The molecule has 106 valence electrons. The minimum Gasteiger partial charge on any atom is -0.481 e. The first-order chi connectivity index (χ1) is 9.60. The normalized spacial score (nSPS) is 12.3. The number of carboxylic acids is 1. The van der Waals surface area contributed by atoms with Gasteiger partial charge in [-0.2, -0.15) is 0 Å². The van der Waals surface area contributed by atoms with Gasteiger partial charge in [0.2, 0.25) is 0 Å². The van der Waals surface area contributed by atoms with Gasteiger partial charge in [-0.1, -0.05) is 28.1 Å². The fourth-order valence-corrected chi connectivity index (χ4v) is 2.17. The predicted octanol–water partition coefficient (Wildman–Crippen LogP) is 1.59. The van der Waals surface area contributed by atoms with Crippen molar-refractivity contribution in [2.24, 2.45) is 0 Å². The van der Waals surface area contributed by atoms with Crippen molar-refractivity contribution in [1.82, 2.24) is 20.2 Å². The quantitative estimate of drug-likeness (QED) is 0.858. The summed E-state index contributed by atoms with van der Waals surface area (Å²) in [6.45, 7) is 0.275. The number of tetrazole rings is 1. The van der Waals surface area contributed by atoms with E-state index in [0.717, 1.165) is 10.0 Å². The van der Waals surface area contributed by atoms with Crippen molar-refractivity contribution in [3.63, 3.8) is 0 Å². The summed E-state index contributed by atoms with van der Waals surface area (Å²) in [6, 6.07) is 7.55. The number of aliphatic carboxylic acids is 1. The van der Waals surface area contributed by atoms with E-state index in [1.807, 2.05) is 24.3 Å². The van der Waals surface area contributed by atoms with Crippen LogP contribution in [0.25, 0.3) is 11.4 Å². The van der Waals surface area contributed by atoms with Crippen LogP contribution >= 0.6 is 15.9 Å². The van der Waals surface area contributed by atoms with E-state index in [1.165, 1.54) is 7.11 Å². The first kappa shape index (κ1) is 14.6. The van der Waals surface area contributed by atoms with Gasteiger partial charge in [-0.05, 0) is 22.6 Å². The molecule has 1 aromatic carbocycles. The van der Waals surface area contributed by atoms with E-state index in [4.69, 9.17) is 9.84 Å². The number of halogens is 1. The Morgan fingerprint density at radius 3 is 3.00 bits per heavy atom. The molecule has 20 heavy (non-hydrogen) atoms. The van der Waals surface area contributed by atoms with E-state index in [-0.39, 0.29) is 13.0 Å². The van der Waals surface area contributed by atoms with E-state index < -0.39 is 12.1 Å². The first-order valence-corrected chi connectivity index (χ1v) is 6.66. The standard InChI is InChI=1S/C12H13BrN4O3/c1-20-10(6-11(18)19)7-17-12(14-15-16-17)8-3-2-4-9(13)5-8/h2-5,10H,6-7H2,1H3,(H,18,19). The monoisotopic (exact) mass is 340 g/mol. The zero-order chi connectivity index (χ0) is 14.5. The number of carbonyl (C=O) groups is 1. The van der Waals surface area contributed by atoms with Crippen LogP contribution in [0.5, 0.6) is 0 Å². The highest BCUT2D eigenvalue weighted by molar-refractivity contribution is 9.10. The minimum atomic E-state index is -0.922. The van der Waals surface area contributed by atoms with Gasteiger partial charge in [0.1, 0.15) is 0 Å². The van der Waals surface area contributed by atoms with Crippen LogP contribution in [0, 0.1) is 0 Å². The third kappa shape index (κ3) is 3.61. The number of nitrogens with zero attached hydrogens (tertiary/aromatic N) is 4. The third-order valence-corrected chi connectivity index (χ3v) is 3.22. The maximum Gasteiger partial charge on any atom is 0.306 e. The number of hydrogen-bond donors (Lipinski definition) is 1. The van der Waals surface area contributed by atoms with Gasteiger partial charge in [-0.15, -0.1) is 5.10 Å². The molecule has 1 aromatic heterocycles. The summed E-state index contributed by atoms with van der Waals surface area (Å²) in [5, 5.41) is 20.3. The molecule has 0 radical (unpaired) electrons. The average Bonchev–Trinajstić information content (AvgIpc) is 2.85. The van der Waals surface area contributed by atoms with E-state index >= 15 is 0 Å². The maximum absolute atomic E-state index is 10.7. The first-order valence-electron chi connectivity index (χ1n) is 5.87. The molecule has 0 fully saturated rings. The molecule has 0 saturated heterocycles. The topological polar surface area (TPSA) is 90.1 Å². The summed E-state index contributed by atoms with van der Waals surface area (Å²) in [4.78, 5) is 10.7. The number of ether oxygens (including phenoxy) is 1. The number of aromatic nitrogens is 4. The summed E-state index contributed by atoms with van der Waals surface area (Å²) in [5.74, 6) is -0.354. The highest BCUT2D eigenvalue weighted by Gasteiger charge is 2.17. The molecule has 1 N–H and O–H groups in total. The van der Waals surface area contributed by atoms with Crippen molar-refractivity contribution >= 4 is 21.9 Å². The molecule has 2 aromatic rings. The average molecular weight is 341 g/mol. The molecule has 0 aliphatic rings. The van der Waals surface area contributed by atoms with Gasteiger partial charge in [0.25, 0.3) is 0 Å². The van der Waals surface area contributed by atoms with E-state index in [0.29, 0.717) is 5.82 Å². The Labute approximate surface area is 123 Å². The number of hydrogen-bond acceptors (Lipinski definition) is 5. The number of benzene rings is 1. The minimum absolute atomic E-state index is 0.103. The van der Waals surface area contributed by atoms with Crippen LogP contribution in [0.1, 0.15) is 6.42 Å². The van der Waals surface area contributed by atoms with Crippen molar-refractivity contribution < 1.29 is 14.6 Å². The smallest absolute Gasteiger partial charge is 0.306 e. The summed E-state index contributed by atoms with van der Waals surface area (Å²) in [6.07, 6.45) is -0.587. The van der Waals surface area contributed by atoms with Gasteiger partial charge in [-0.3, -0.25) is 4.79 Å². The Morgan fingerprint density at radius 1 is 1.55 bits per heavy atom. The second kappa shape index (κ2) is 6.58. The van der Waals surface area contributed by atoms with Crippen molar-refractivity contribution in [1.29, 1.82) is 0 Å². The summed E-state index contributed by atoms with van der Waals surface area (Å²) in [7, 11) is 1.47. The molecule has 0 aliphatic heterocycles. The fraction of sp³-hybridized carbons (Fsp3) is 0.333. The Balaban J connectivity index is 2.22. The molecular weight excluding hydrogens is 328 g/mol. The van der Waals surface area contributed by atoms with Gasteiger partial charge < -0.3 is 9.84 Å². The lowest BCUT2D eigenvalue weighted by Crippen LogP contribution is -2.23. The Bertz CT molecular complexity index is 602. The van der Waals surface area contributed by atoms with Crippen LogP contribution in [0.15, 0.2) is 28.7 Å². The number of carboxylic acid groups (broad SMARTS) is 1. The fourth-order valence-electron chi connectivity index (χ4n) is 1.77. The second-order valence-corrected chi connectivity index (χ2v) is 5.07. The molecular formula is C12H13BrN4O3. The Morgan fingerprint density at radius 2 is 2.35 bits per heavy atom. The molecule has 1 heterocycles. The highest BCUT2D eigenvalue weighted by atomic mass is 79.9. The summed E-state index contributed by atoms with van der Waals surface area (Å²) >= 11 is 3.39. The van der Waals surface area contributed by atoms with Crippen molar-refractivity contribution in [2.75, 3.05) is 7.11 Å². The largest absolute Gasteiger partial charge is 0.481 e. The molecule has 0 saturated carbocycles. The lowest BCUT2D eigenvalue weighted by Gasteiger charge is -2.13. The van der Waals surface area contributed by atoms with E-state index in [2.05, 4.69) is 31.5 Å². The molecule has 8 heteroatoms.